The third-order valence-corrected chi connectivity index (χ3v) is 3.54. The smallest absolute Gasteiger partial charge is 0.119 e. The van der Waals surface area contributed by atoms with Crippen molar-refractivity contribution in [3.8, 4) is 5.75 Å². The largest absolute Gasteiger partial charge is 0.493 e. The van der Waals surface area contributed by atoms with E-state index in [0.29, 0.717) is 5.92 Å². The first-order valence-corrected chi connectivity index (χ1v) is 9.64. The second-order valence-corrected chi connectivity index (χ2v) is 6.29. The Morgan fingerprint density at radius 1 is 0.913 bits per heavy atom. The molecular weight excluding hydrogens is 282 g/mol. The zero-order valence-corrected chi connectivity index (χ0v) is 16.2. The molecule has 134 valence electrons. The van der Waals surface area contributed by atoms with Crippen LogP contribution in [0.4, 0.5) is 0 Å². The zero-order chi connectivity index (χ0) is 17.3. The van der Waals surface area contributed by atoms with Crippen LogP contribution in [0.15, 0.2) is 24.3 Å². The first kappa shape index (κ1) is 22.0. The van der Waals surface area contributed by atoms with E-state index in [9.17, 15) is 0 Å². The van der Waals surface area contributed by atoms with Gasteiger partial charge in [0.2, 0.25) is 0 Å². The molecule has 0 amide bonds. The number of unbranched alkanes of at least 4 members (excludes halogenated alkanes) is 5. The van der Waals surface area contributed by atoms with Gasteiger partial charge in [0, 0.05) is 6.54 Å². The summed E-state index contributed by atoms with van der Waals surface area (Å²) in [6.07, 6.45) is 8.15. The van der Waals surface area contributed by atoms with Gasteiger partial charge in [0.25, 0.3) is 0 Å². The normalized spacial score (nSPS) is 10.3. The molecule has 0 bridgehead atoms. The minimum atomic E-state index is 0.573. The molecule has 0 fully saturated rings. The van der Waals surface area contributed by atoms with E-state index in [0.717, 1.165) is 25.4 Å². The van der Waals surface area contributed by atoms with E-state index in [4.69, 9.17) is 4.74 Å². The van der Waals surface area contributed by atoms with Gasteiger partial charge in [0.05, 0.1) is 6.61 Å². The second-order valence-electron chi connectivity index (χ2n) is 6.29. The molecule has 0 aliphatic heterocycles. The fraction of sp³-hybridized carbons (Fsp3) is 0.714. The van der Waals surface area contributed by atoms with Crippen LogP contribution in [0.1, 0.15) is 78.7 Å². The van der Waals surface area contributed by atoms with Gasteiger partial charge in [-0.25, -0.2) is 0 Å². The first-order valence-electron chi connectivity index (χ1n) is 9.64. The topological polar surface area (TPSA) is 21.3 Å². The number of nitrogens with one attached hydrogen (secondary N) is 1. The fourth-order valence-corrected chi connectivity index (χ4v) is 2.23. The lowest BCUT2D eigenvalue weighted by molar-refractivity contribution is 0.271. The molecule has 0 aliphatic carbocycles. The average Bonchev–Trinajstić information content (AvgIpc) is 2.58. The SMILES string of the molecule is CC.CCCCCCCCNCc1ccc(OCC(C)C)cc1. The molecule has 0 aromatic heterocycles. The molecule has 0 spiro atoms. The lowest BCUT2D eigenvalue weighted by atomic mass is 10.1. The van der Waals surface area contributed by atoms with Crippen molar-refractivity contribution in [2.75, 3.05) is 13.2 Å². The van der Waals surface area contributed by atoms with Crippen molar-refractivity contribution in [2.45, 2.75) is 79.7 Å². The number of rotatable bonds is 12. The maximum atomic E-state index is 5.69. The van der Waals surface area contributed by atoms with Crippen LogP contribution in [-0.2, 0) is 6.54 Å². The number of ether oxygens (including phenoxy) is 1. The van der Waals surface area contributed by atoms with E-state index in [2.05, 4.69) is 50.4 Å². The molecule has 0 unspecified atom stereocenters. The van der Waals surface area contributed by atoms with Gasteiger partial charge in [-0.3, -0.25) is 0 Å². The lowest BCUT2D eigenvalue weighted by Gasteiger charge is -2.09. The summed E-state index contributed by atoms with van der Waals surface area (Å²) >= 11 is 0. The van der Waals surface area contributed by atoms with Gasteiger partial charge in [-0.1, -0.05) is 78.9 Å². The predicted octanol–water partition coefficient (Wildman–Crippen LogP) is 6.20. The van der Waals surface area contributed by atoms with Crippen LogP contribution < -0.4 is 10.1 Å². The molecule has 23 heavy (non-hydrogen) atoms. The van der Waals surface area contributed by atoms with E-state index < -0.39 is 0 Å². The summed E-state index contributed by atoms with van der Waals surface area (Å²) in [5.74, 6) is 1.55. The molecule has 0 aliphatic rings. The van der Waals surface area contributed by atoms with Gasteiger partial charge in [-0.2, -0.15) is 0 Å². The Morgan fingerprint density at radius 3 is 2.13 bits per heavy atom. The third kappa shape index (κ3) is 13.1. The van der Waals surface area contributed by atoms with E-state index in [1.807, 2.05) is 13.8 Å². The molecule has 1 N–H and O–H groups in total. The molecule has 1 aromatic rings. The zero-order valence-electron chi connectivity index (χ0n) is 16.2. The Balaban J connectivity index is 0.00000232. The molecule has 0 atom stereocenters. The highest BCUT2D eigenvalue weighted by atomic mass is 16.5. The van der Waals surface area contributed by atoms with Crippen molar-refractivity contribution in [1.82, 2.24) is 5.32 Å². The number of benzene rings is 1. The third-order valence-electron chi connectivity index (χ3n) is 3.54. The van der Waals surface area contributed by atoms with Gasteiger partial charge in [0.15, 0.2) is 0 Å². The van der Waals surface area contributed by atoms with Gasteiger partial charge in [-0.15, -0.1) is 0 Å². The Bertz CT molecular complexity index is 345. The van der Waals surface area contributed by atoms with E-state index >= 15 is 0 Å². The van der Waals surface area contributed by atoms with E-state index in [1.165, 1.54) is 44.1 Å². The Hall–Kier alpha value is -1.02. The summed E-state index contributed by atoms with van der Waals surface area (Å²) in [6.45, 7) is 13.5. The van der Waals surface area contributed by atoms with Crippen molar-refractivity contribution in [3.05, 3.63) is 29.8 Å². The maximum absolute atomic E-state index is 5.69. The quantitative estimate of drug-likeness (QED) is 0.463. The molecular formula is C21H39NO. The second kappa shape index (κ2) is 15.9. The van der Waals surface area contributed by atoms with Crippen LogP contribution in [0.5, 0.6) is 5.75 Å². The van der Waals surface area contributed by atoms with Gasteiger partial charge in [0.1, 0.15) is 5.75 Å². The van der Waals surface area contributed by atoms with Crippen LogP contribution in [0, 0.1) is 5.92 Å². The van der Waals surface area contributed by atoms with Crippen molar-refractivity contribution >= 4 is 0 Å². The molecule has 0 saturated heterocycles. The summed E-state index contributed by atoms with van der Waals surface area (Å²) < 4.78 is 5.69. The van der Waals surface area contributed by atoms with Crippen molar-refractivity contribution < 1.29 is 4.74 Å². The van der Waals surface area contributed by atoms with Crippen LogP contribution >= 0.6 is 0 Å². The highest BCUT2D eigenvalue weighted by molar-refractivity contribution is 5.27. The van der Waals surface area contributed by atoms with E-state index in [1.54, 1.807) is 0 Å². The summed E-state index contributed by atoms with van der Waals surface area (Å²) in [4.78, 5) is 0. The molecule has 2 heteroatoms. The monoisotopic (exact) mass is 321 g/mol. The summed E-state index contributed by atoms with van der Waals surface area (Å²) in [5.41, 5.74) is 1.33. The standard InChI is InChI=1S/C19H33NO.C2H6/c1-4-5-6-7-8-9-14-20-15-18-10-12-19(13-11-18)21-16-17(2)3;1-2/h10-13,17,20H,4-9,14-16H2,1-3H3;1-2H3. The molecule has 1 rings (SSSR count). The Morgan fingerprint density at radius 2 is 1.52 bits per heavy atom. The van der Waals surface area contributed by atoms with Gasteiger partial charge < -0.3 is 10.1 Å². The van der Waals surface area contributed by atoms with Crippen molar-refractivity contribution in [1.29, 1.82) is 0 Å². The maximum Gasteiger partial charge on any atom is 0.119 e. The fourth-order valence-electron chi connectivity index (χ4n) is 2.23. The molecule has 2 nitrogen and oxygen atoms in total. The highest BCUT2D eigenvalue weighted by Gasteiger charge is 1.98. The van der Waals surface area contributed by atoms with Crippen LogP contribution in [0.2, 0.25) is 0 Å². The number of hydrogen-bond donors (Lipinski definition) is 1. The van der Waals surface area contributed by atoms with Crippen LogP contribution in [-0.4, -0.2) is 13.2 Å². The average molecular weight is 322 g/mol. The van der Waals surface area contributed by atoms with Crippen molar-refractivity contribution in [2.24, 2.45) is 5.92 Å². The Labute approximate surface area is 145 Å². The lowest BCUT2D eigenvalue weighted by Crippen LogP contribution is -2.14. The van der Waals surface area contributed by atoms with Crippen LogP contribution in [0.3, 0.4) is 0 Å². The molecule has 0 radical (unpaired) electrons. The first-order chi connectivity index (χ1) is 11.2. The Kier molecular flexibility index (Phi) is 15.2. The minimum Gasteiger partial charge on any atom is -0.493 e. The minimum absolute atomic E-state index is 0.573. The summed E-state index contributed by atoms with van der Waals surface area (Å²) in [5, 5.41) is 3.52. The highest BCUT2D eigenvalue weighted by Crippen LogP contribution is 2.13. The van der Waals surface area contributed by atoms with Gasteiger partial charge >= 0.3 is 0 Å². The van der Waals surface area contributed by atoms with Crippen LogP contribution in [0.25, 0.3) is 0 Å². The van der Waals surface area contributed by atoms with Gasteiger partial charge in [-0.05, 0) is 36.6 Å². The molecule has 0 heterocycles. The summed E-state index contributed by atoms with van der Waals surface area (Å²) in [6, 6.07) is 8.46. The summed E-state index contributed by atoms with van der Waals surface area (Å²) in [7, 11) is 0. The predicted molar refractivity (Wildman–Crippen MR) is 103 cm³/mol. The van der Waals surface area contributed by atoms with Crippen molar-refractivity contribution in [3.63, 3.8) is 0 Å². The molecule has 0 saturated carbocycles. The molecule has 1 aromatic carbocycles. The number of hydrogen-bond acceptors (Lipinski definition) is 2. The van der Waals surface area contributed by atoms with E-state index in [-0.39, 0.29) is 0 Å².